The first kappa shape index (κ1) is 16.0. The van der Waals surface area contributed by atoms with Crippen molar-refractivity contribution < 1.29 is 8.94 Å². The van der Waals surface area contributed by atoms with Crippen LogP contribution < -0.4 is 5.32 Å². The molecule has 0 radical (unpaired) electrons. The predicted octanol–water partition coefficient (Wildman–Crippen LogP) is 3.75. The van der Waals surface area contributed by atoms with Crippen molar-refractivity contribution in [2.45, 2.75) is 13.3 Å². The number of rotatable bonds is 6. The van der Waals surface area contributed by atoms with Gasteiger partial charge in [0.05, 0.1) is 17.5 Å². The largest absolute Gasteiger partial charge is 0.463 e. The number of pyridine rings is 1. The second-order valence-electron chi connectivity index (χ2n) is 5.80. The fourth-order valence-electron chi connectivity index (χ4n) is 2.61. The smallest absolute Gasteiger partial charge is 0.223 e. The van der Waals surface area contributed by atoms with Crippen LogP contribution in [0.5, 0.6) is 0 Å². The van der Waals surface area contributed by atoms with Crippen LogP contribution in [0.2, 0.25) is 0 Å². The monoisotopic (exact) mass is 347 g/mol. The molecule has 0 saturated heterocycles. The van der Waals surface area contributed by atoms with Crippen LogP contribution in [0.4, 0.5) is 5.95 Å². The third-order valence-electron chi connectivity index (χ3n) is 3.88. The summed E-state index contributed by atoms with van der Waals surface area (Å²) in [5.41, 5.74) is 3.39. The highest BCUT2D eigenvalue weighted by Gasteiger charge is 2.17. The standard InChI is InChI=1S/C19H17N5O2/c1-13-11-17(26-24-13)15-12-22-19(23-18(15)16-3-2-10-25-16)21-9-6-14-4-7-20-8-5-14/h2-5,7-8,10-12H,6,9H2,1H3,(H,21,22,23). The quantitative estimate of drug-likeness (QED) is 0.568. The van der Waals surface area contributed by atoms with Crippen molar-refractivity contribution in [3.05, 3.63) is 66.4 Å². The molecule has 0 amide bonds. The second-order valence-corrected chi connectivity index (χ2v) is 5.80. The Hall–Kier alpha value is -3.48. The van der Waals surface area contributed by atoms with Gasteiger partial charge in [0.2, 0.25) is 5.95 Å². The fraction of sp³-hybridized carbons (Fsp3) is 0.158. The molecule has 0 spiro atoms. The number of furan rings is 1. The van der Waals surface area contributed by atoms with Crippen LogP contribution in [-0.2, 0) is 6.42 Å². The maximum atomic E-state index is 5.53. The van der Waals surface area contributed by atoms with E-state index in [2.05, 4.69) is 25.4 Å². The van der Waals surface area contributed by atoms with Gasteiger partial charge in [0.1, 0.15) is 5.69 Å². The summed E-state index contributed by atoms with van der Waals surface area (Å²) >= 11 is 0. The van der Waals surface area contributed by atoms with E-state index < -0.39 is 0 Å². The van der Waals surface area contributed by atoms with Crippen LogP contribution in [0.15, 0.2) is 64.1 Å². The zero-order chi connectivity index (χ0) is 17.8. The average molecular weight is 347 g/mol. The van der Waals surface area contributed by atoms with Crippen molar-refractivity contribution in [1.29, 1.82) is 0 Å². The third kappa shape index (κ3) is 3.46. The lowest BCUT2D eigenvalue weighted by Gasteiger charge is -2.08. The van der Waals surface area contributed by atoms with Crippen LogP contribution in [0.25, 0.3) is 22.8 Å². The molecule has 4 rings (SSSR count). The van der Waals surface area contributed by atoms with Crippen molar-refractivity contribution in [2.75, 3.05) is 11.9 Å². The highest BCUT2D eigenvalue weighted by molar-refractivity contribution is 5.75. The van der Waals surface area contributed by atoms with Gasteiger partial charge >= 0.3 is 0 Å². The second kappa shape index (κ2) is 7.18. The van der Waals surface area contributed by atoms with Crippen molar-refractivity contribution in [2.24, 2.45) is 0 Å². The Morgan fingerprint density at radius 2 is 2.00 bits per heavy atom. The van der Waals surface area contributed by atoms with Crippen molar-refractivity contribution in [3.8, 4) is 22.8 Å². The van der Waals surface area contributed by atoms with E-state index in [0.29, 0.717) is 29.7 Å². The zero-order valence-electron chi connectivity index (χ0n) is 14.2. The Bertz CT molecular complexity index is 980. The molecule has 0 bridgehead atoms. The molecular formula is C19H17N5O2. The topological polar surface area (TPSA) is 89.9 Å². The molecule has 0 aliphatic rings. The first-order valence-electron chi connectivity index (χ1n) is 8.27. The minimum atomic E-state index is 0.533. The van der Waals surface area contributed by atoms with E-state index in [1.807, 2.05) is 37.3 Å². The van der Waals surface area contributed by atoms with E-state index >= 15 is 0 Å². The summed E-state index contributed by atoms with van der Waals surface area (Å²) in [6.45, 7) is 2.58. The number of nitrogens with one attached hydrogen (secondary N) is 1. The van der Waals surface area contributed by atoms with Crippen LogP contribution in [0.3, 0.4) is 0 Å². The molecule has 1 N–H and O–H groups in total. The Labute approximate surface area is 150 Å². The molecule has 0 saturated carbocycles. The molecule has 7 heteroatoms. The number of aryl methyl sites for hydroxylation is 1. The van der Waals surface area contributed by atoms with Crippen molar-refractivity contribution in [3.63, 3.8) is 0 Å². The van der Waals surface area contributed by atoms with Gasteiger partial charge in [-0.25, -0.2) is 9.97 Å². The Morgan fingerprint density at radius 1 is 1.12 bits per heavy atom. The fourth-order valence-corrected chi connectivity index (χ4v) is 2.61. The van der Waals surface area contributed by atoms with Crippen LogP contribution in [-0.4, -0.2) is 26.7 Å². The van der Waals surface area contributed by atoms with E-state index in [1.54, 1.807) is 24.9 Å². The van der Waals surface area contributed by atoms with Gasteiger partial charge in [0.25, 0.3) is 0 Å². The molecule has 0 aromatic carbocycles. The highest BCUT2D eigenvalue weighted by atomic mass is 16.5. The molecule has 0 unspecified atom stereocenters. The van der Waals surface area contributed by atoms with Crippen molar-refractivity contribution in [1.82, 2.24) is 20.1 Å². The first-order chi connectivity index (χ1) is 12.8. The summed E-state index contributed by atoms with van der Waals surface area (Å²) in [5.74, 6) is 1.79. The van der Waals surface area contributed by atoms with Crippen LogP contribution >= 0.6 is 0 Å². The molecule has 4 aromatic heterocycles. The van der Waals surface area contributed by atoms with Gasteiger partial charge in [-0.15, -0.1) is 0 Å². The van der Waals surface area contributed by atoms with Crippen molar-refractivity contribution >= 4 is 5.95 Å². The van der Waals surface area contributed by atoms with Gasteiger partial charge in [0.15, 0.2) is 11.5 Å². The van der Waals surface area contributed by atoms with Crippen LogP contribution in [0, 0.1) is 6.92 Å². The van der Waals surface area contributed by atoms with E-state index in [4.69, 9.17) is 8.94 Å². The van der Waals surface area contributed by atoms with E-state index in [0.717, 1.165) is 17.7 Å². The lowest BCUT2D eigenvalue weighted by Crippen LogP contribution is -2.08. The van der Waals surface area contributed by atoms with E-state index in [1.165, 1.54) is 5.56 Å². The third-order valence-corrected chi connectivity index (χ3v) is 3.88. The summed E-state index contributed by atoms with van der Waals surface area (Å²) < 4.78 is 10.9. The maximum Gasteiger partial charge on any atom is 0.223 e. The molecular weight excluding hydrogens is 330 g/mol. The van der Waals surface area contributed by atoms with Gasteiger partial charge in [-0.3, -0.25) is 4.98 Å². The maximum absolute atomic E-state index is 5.53. The Kier molecular flexibility index (Phi) is 4.42. The molecule has 130 valence electrons. The summed E-state index contributed by atoms with van der Waals surface area (Å²) in [6, 6.07) is 9.51. The SMILES string of the molecule is Cc1cc(-c2cnc(NCCc3ccncc3)nc2-c2ccco2)on1. The number of hydrogen-bond acceptors (Lipinski definition) is 7. The average Bonchev–Trinajstić information content (AvgIpc) is 3.34. The van der Waals surface area contributed by atoms with Gasteiger partial charge in [0, 0.05) is 31.2 Å². The number of nitrogens with zero attached hydrogens (tertiary/aromatic N) is 4. The summed E-state index contributed by atoms with van der Waals surface area (Å²) in [4.78, 5) is 13.0. The Balaban J connectivity index is 1.58. The summed E-state index contributed by atoms with van der Waals surface area (Å²) in [6.07, 6.45) is 7.76. The molecule has 26 heavy (non-hydrogen) atoms. The van der Waals surface area contributed by atoms with Gasteiger partial charge < -0.3 is 14.3 Å². The molecule has 0 atom stereocenters. The summed E-state index contributed by atoms with van der Waals surface area (Å²) in [7, 11) is 0. The van der Waals surface area contributed by atoms with E-state index in [-0.39, 0.29) is 0 Å². The van der Waals surface area contributed by atoms with Gasteiger partial charge in [-0.1, -0.05) is 5.16 Å². The number of hydrogen-bond donors (Lipinski definition) is 1. The minimum absolute atomic E-state index is 0.533. The van der Waals surface area contributed by atoms with E-state index in [9.17, 15) is 0 Å². The minimum Gasteiger partial charge on any atom is -0.463 e. The zero-order valence-corrected chi connectivity index (χ0v) is 14.2. The molecule has 0 fully saturated rings. The predicted molar refractivity (Wildman–Crippen MR) is 96.4 cm³/mol. The highest BCUT2D eigenvalue weighted by Crippen LogP contribution is 2.31. The first-order valence-corrected chi connectivity index (χ1v) is 8.27. The molecule has 7 nitrogen and oxygen atoms in total. The molecule has 0 aliphatic heterocycles. The van der Waals surface area contributed by atoms with Crippen LogP contribution in [0.1, 0.15) is 11.3 Å². The molecule has 0 aliphatic carbocycles. The Morgan fingerprint density at radius 3 is 2.73 bits per heavy atom. The molecule has 4 heterocycles. The number of anilines is 1. The normalized spacial score (nSPS) is 10.8. The molecule has 4 aromatic rings. The lowest BCUT2D eigenvalue weighted by atomic mass is 10.1. The summed E-state index contributed by atoms with van der Waals surface area (Å²) in [5, 5.41) is 7.19. The lowest BCUT2D eigenvalue weighted by molar-refractivity contribution is 0.427. The van der Waals surface area contributed by atoms with Gasteiger partial charge in [-0.05, 0) is 43.2 Å². The van der Waals surface area contributed by atoms with Gasteiger partial charge in [-0.2, -0.15) is 0 Å². The number of aromatic nitrogens is 4.